The van der Waals surface area contributed by atoms with Gasteiger partial charge in [-0.15, -0.1) is 0 Å². The van der Waals surface area contributed by atoms with E-state index in [1.165, 1.54) is 0 Å². The van der Waals surface area contributed by atoms with E-state index < -0.39 is 0 Å². The van der Waals surface area contributed by atoms with Gasteiger partial charge in [-0.1, -0.05) is 18.2 Å². The molecule has 0 aliphatic carbocycles. The van der Waals surface area contributed by atoms with Gasteiger partial charge in [0.25, 0.3) is 0 Å². The Labute approximate surface area is 100.0 Å². The van der Waals surface area contributed by atoms with E-state index in [1.54, 1.807) is 11.8 Å². The fourth-order valence-electron chi connectivity index (χ4n) is 1.50. The lowest BCUT2D eigenvalue weighted by Crippen LogP contribution is -2.43. The van der Waals surface area contributed by atoms with Crippen molar-refractivity contribution in [3.8, 4) is 0 Å². The Bertz CT molecular complexity index is 338. The van der Waals surface area contributed by atoms with E-state index in [0.29, 0.717) is 5.75 Å². The monoisotopic (exact) mass is 236 g/mol. The molecule has 1 heterocycles. The second-order valence-corrected chi connectivity index (χ2v) is 4.98. The number of nitrogens with one attached hydrogen (secondary N) is 2. The molecule has 2 N–H and O–H groups in total. The lowest BCUT2D eigenvalue weighted by molar-refractivity contribution is -0.113. The molecule has 0 spiro atoms. The van der Waals surface area contributed by atoms with Gasteiger partial charge in [0.15, 0.2) is 0 Å². The fraction of sp³-hybridized carbons (Fsp3) is 0.417. The minimum Gasteiger partial charge on any atom is -0.325 e. The third-order valence-electron chi connectivity index (χ3n) is 2.51. The number of anilines is 1. The Morgan fingerprint density at radius 1 is 1.38 bits per heavy atom. The van der Waals surface area contributed by atoms with Gasteiger partial charge in [0.1, 0.15) is 0 Å². The predicted molar refractivity (Wildman–Crippen MR) is 68.8 cm³/mol. The molecule has 0 radical (unpaired) electrons. The van der Waals surface area contributed by atoms with Crippen LogP contribution in [0.2, 0.25) is 0 Å². The molecule has 0 aromatic heterocycles. The first kappa shape index (κ1) is 11.5. The Morgan fingerprint density at radius 3 is 2.75 bits per heavy atom. The van der Waals surface area contributed by atoms with E-state index in [0.717, 1.165) is 30.4 Å². The van der Waals surface area contributed by atoms with Gasteiger partial charge >= 0.3 is 0 Å². The Hall–Kier alpha value is -1.00. The van der Waals surface area contributed by atoms with Gasteiger partial charge in [0.2, 0.25) is 5.91 Å². The third kappa shape index (κ3) is 3.54. The zero-order valence-electron chi connectivity index (χ0n) is 9.11. The fourth-order valence-corrected chi connectivity index (χ4v) is 2.45. The highest BCUT2D eigenvalue weighted by Gasteiger charge is 2.16. The largest absolute Gasteiger partial charge is 0.325 e. The van der Waals surface area contributed by atoms with Crippen molar-refractivity contribution in [2.75, 3.05) is 29.9 Å². The molecule has 0 atom stereocenters. The lowest BCUT2D eigenvalue weighted by Gasteiger charge is -2.26. The van der Waals surface area contributed by atoms with Crippen LogP contribution >= 0.6 is 11.8 Å². The first-order chi connectivity index (χ1) is 7.84. The molecular formula is C12H16N2OS. The third-order valence-corrected chi connectivity index (χ3v) is 3.68. The quantitative estimate of drug-likeness (QED) is 0.815. The van der Waals surface area contributed by atoms with E-state index in [9.17, 15) is 4.79 Å². The summed E-state index contributed by atoms with van der Waals surface area (Å²) < 4.78 is 0. The van der Waals surface area contributed by atoms with E-state index in [-0.39, 0.29) is 5.91 Å². The van der Waals surface area contributed by atoms with Crippen molar-refractivity contribution >= 4 is 23.4 Å². The average molecular weight is 236 g/mol. The summed E-state index contributed by atoms with van der Waals surface area (Å²) in [5, 5.41) is 6.10. The molecule has 0 bridgehead atoms. The van der Waals surface area contributed by atoms with Crippen LogP contribution in [0.3, 0.4) is 0 Å². The summed E-state index contributed by atoms with van der Waals surface area (Å²) >= 11 is 1.71. The minimum absolute atomic E-state index is 0.0866. The van der Waals surface area contributed by atoms with Crippen molar-refractivity contribution < 1.29 is 4.79 Å². The van der Waals surface area contributed by atoms with Crippen molar-refractivity contribution in [3.63, 3.8) is 0 Å². The Balaban J connectivity index is 1.64. The molecule has 1 aliphatic rings. The summed E-state index contributed by atoms with van der Waals surface area (Å²) in [6.45, 7) is 2.21. The summed E-state index contributed by atoms with van der Waals surface area (Å²) in [5.41, 5.74) is 0.874. The Kier molecular flexibility index (Phi) is 4.25. The summed E-state index contributed by atoms with van der Waals surface area (Å²) in [6, 6.07) is 9.58. The number of para-hydroxylation sites is 1. The second-order valence-electron chi connectivity index (χ2n) is 3.95. The molecule has 1 aromatic rings. The number of thioether (sulfide) groups is 1. The van der Waals surface area contributed by atoms with Crippen LogP contribution in [0.25, 0.3) is 0 Å². The Morgan fingerprint density at radius 2 is 2.12 bits per heavy atom. The molecule has 1 aliphatic heterocycles. The molecule has 1 amide bonds. The average Bonchev–Trinajstić information content (AvgIpc) is 2.23. The van der Waals surface area contributed by atoms with Crippen LogP contribution in [-0.2, 0) is 4.79 Å². The van der Waals surface area contributed by atoms with E-state index >= 15 is 0 Å². The van der Waals surface area contributed by atoms with Crippen LogP contribution in [0.5, 0.6) is 0 Å². The summed E-state index contributed by atoms with van der Waals surface area (Å²) in [6.07, 6.45) is 0. The molecule has 16 heavy (non-hydrogen) atoms. The second kappa shape index (κ2) is 5.92. The topological polar surface area (TPSA) is 41.1 Å². The van der Waals surface area contributed by atoms with Crippen LogP contribution in [0.4, 0.5) is 5.69 Å². The maximum Gasteiger partial charge on any atom is 0.234 e. The summed E-state index contributed by atoms with van der Waals surface area (Å²) in [7, 11) is 0. The number of benzene rings is 1. The van der Waals surface area contributed by atoms with Crippen LogP contribution in [-0.4, -0.2) is 30.5 Å². The number of hydrogen-bond acceptors (Lipinski definition) is 3. The van der Waals surface area contributed by atoms with Gasteiger partial charge in [-0.3, -0.25) is 4.79 Å². The van der Waals surface area contributed by atoms with Crippen molar-refractivity contribution in [1.29, 1.82) is 0 Å². The van der Waals surface area contributed by atoms with Crippen LogP contribution in [0, 0.1) is 5.92 Å². The molecule has 1 saturated heterocycles. The van der Waals surface area contributed by atoms with Gasteiger partial charge in [-0.25, -0.2) is 0 Å². The van der Waals surface area contributed by atoms with E-state index in [2.05, 4.69) is 10.6 Å². The molecule has 3 nitrogen and oxygen atoms in total. The summed E-state index contributed by atoms with van der Waals surface area (Å²) in [5.74, 6) is 2.47. The molecule has 1 aromatic carbocycles. The van der Waals surface area contributed by atoms with Gasteiger partial charge in [-0.05, 0) is 36.9 Å². The van der Waals surface area contributed by atoms with Crippen molar-refractivity contribution in [2.24, 2.45) is 5.92 Å². The molecular weight excluding hydrogens is 220 g/mol. The number of amides is 1. The molecule has 4 heteroatoms. The highest BCUT2D eigenvalue weighted by atomic mass is 32.2. The van der Waals surface area contributed by atoms with Crippen molar-refractivity contribution in [2.45, 2.75) is 0 Å². The van der Waals surface area contributed by atoms with E-state index in [1.807, 2.05) is 30.3 Å². The SMILES string of the molecule is O=C(CSCC1CNC1)Nc1ccccc1. The highest BCUT2D eigenvalue weighted by molar-refractivity contribution is 7.99. The maximum atomic E-state index is 11.6. The first-order valence-electron chi connectivity index (χ1n) is 5.48. The number of carbonyl (C=O) groups excluding carboxylic acids is 1. The lowest BCUT2D eigenvalue weighted by atomic mass is 10.1. The predicted octanol–water partition coefficient (Wildman–Crippen LogP) is 1.58. The van der Waals surface area contributed by atoms with Gasteiger partial charge in [0.05, 0.1) is 5.75 Å². The van der Waals surface area contributed by atoms with Gasteiger partial charge < -0.3 is 10.6 Å². The molecule has 86 valence electrons. The standard InChI is InChI=1S/C12H16N2OS/c15-12(9-16-8-10-6-13-7-10)14-11-4-2-1-3-5-11/h1-5,10,13H,6-9H2,(H,14,15). The van der Waals surface area contributed by atoms with Crippen LogP contribution in [0.15, 0.2) is 30.3 Å². The molecule has 0 saturated carbocycles. The number of carbonyl (C=O) groups is 1. The van der Waals surface area contributed by atoms with Crippen molar-refractivity contribution in [1.82, 2.24) is 5.32 Å². The number of rotatable bonds is 5. The minimum atomic E-state index is 0.0866. The normalized spacial score (nSPS) is 15.5. The van der Waals surface area contributed by atoms with Crippen LogP contribution in [0.1, 0.15) is 0 Å². The maximum absolute atomic E-state index is 11.6. The zero-order chi connectivity index (χ0) is 11.2. The molecule has 1 fully saturated rings. The molecule has 2 rings (SSSR count). The highest BCUT2D eigenvalue weighted by Crippen LogP contribution is 2.13. The number of hydrogen-bond donors (Lipinski definition) is 2. The molecule has 0 unspecified atom stereocenters. The van der Waals surface area contributed by atoms with E-state index in [4.69, 9.17) is 0 Å². The zero-order valence-corrected chi connectivity index (χ0v) is 9.93. The van der Waals surface area contributed by atoms with Crippen LogP contribution < -0.4 is 10.6 Å². The first-order valence-corrected chi connectivity index (χ1v) is 6.63. The van der Waals surface area contributed by atoms with Gasteiger partial charge in [-0.2, -0.15) is 11.8 Å². The van der Waals surface area contributed by atoms with Crippen molar-refractivity contribution in [3.05, 3.63) is 30.3 Å². The van der Waals surface area contributed by atoms with Gasteiger partial charge in [0, 0.05) is 5.69 Å². The summed E-state index contributed by atoms with van der Waals surface area (Å²) in [4.78, 5) is 11.6. The smallest absolute Gasteiger partial charge is 0.234 e.